The molecule has 0 amide bonds. The molecule has 2 fully saturated rings. The number of hydrogen-bond donors (Lipinski definition) is 0. The molecule has 0 heterocycles. The van der Waals surface area contributed by atoms with Crippen LogP contribution in [-0.2, 0) is 0 Å². The molecule has 2 aromatic carbocycles. The second-order valence-electron chi connectivity index (χ2n) is 9.81. The number of ether oxygens (including phenoxy) is 1. The number of allylic oxidation sites excluding steroid dienone is 2. The Hall–Kier alpha value is -2.49. The van der Waals surface area contributed by atoms with Gasteiger partial charge in [-0.15, -0.1) is 6.58 Å². The van der Waals surface area contributed by atoms with Gasteiger partial charge in [-0.1, -0.05) is 30.4 Å². The molecule has 0 aliphatic heterocycles. The van der Waals surface area contributed by atoms with Crippen LogP contribution in [0.1, 0.15) is 86.8 Å². The molecule has 2 saturated carbocycles. The van der Waals surface area contributed by atoms with Gasteiger partial charge in [0.2, 0.25) is 0 Å². The molecule has 4 rings (SSSR count). The highest BCUT2D eigenvalue weighted by molar-refractivity contribution is 5.52. The van der Waals surface area contributed by atoms with Crippen LogP contribution in [0.25, 0.3) is 6.08 Å². The summed E-state index contributed by atoms with van der Waals surface area (Å²) in [6.07, 6.45) is 13.0. The first-order valence-electron chi connectivity index (χ1n) is 12.7. The van der Waals surface area contributed by atoms with Crippen LogP contribution in [-0.4, -0.2) is 6.61 Å². The minimum Gasteiger partial charge on any atom is -0.494 e. The average molecular weight is 469 g/mol. The summed E-state index contributed by atoms with van der Waals surface area (Å²) in [6, 6.07) is 8.56. The molecular formula is C30H35F3O. The number of halogens is 3. The Labute approximate surface area is 201 Å². The fraction of sp³-hybridized carbons (Fsp3) is 0.467. The summed E-state index contributed by atoms with van der Waals surface area (Å²) in [6.45, 7) is 6.23. The van der Waals surface area contributed by atoms with Crippen molar-refractivity contribution in [3.05, 3.63) is 83.2 Å². The van der Waals surface area contributed by atoms with E-state index in [1.54, 1.807) is 12.1 Å². The van der Waals surface area contributed by atoms with E-state index in [9.17, 15) is 4.39 Å². The van der Waals surface area contributed by atoms with Crippen molar-refractivity contribution >= 4 is 6.08 Å². The zero-order chi connectivity index (χ0) is 24.1. The molecule has 0 spiro atoms. The van der Waals surface area contributed by atoms with Crippen molar-refractivity contribution in [1.29, 1.82) is 0 Å². The van der Waals surface area contributed by atoms with Gasteiger partial charge in [0.05, 0.1) is 6.61 Å². The Kier molecular flexibility index (Phi) is 8.18. The molecular weight excluding hydrogens is 433 g/mol. The second-order valence-corrected chi connectivity index (χ2v) is 9.81. The van der Waals surface area contributed by atoms with E-state index in [2.05, 4.69) is 12.7 Å². The normalized spacial score (nSPS) is 25.4. The molecule has 0 unspecified atom stereocenters. The molecule has 182 valence electrons. The third kappa shape index (κ3) is 5.59. The van der Waals surface area contributed by atoms with E-state index in [-0.39, 0.29) is 17.7 Å². The van der Waals surface area contributed by atoms with Crippen molar-refractivity contribution in [2.75, 3.05) is 6.61 Å². The Morgan fingerprint density at radius 3 is 1.88 bits per heavy atom. The molecule has 0 saturated heterocycles. The van der Waals surface area contributed by atoms with Gasteiger partial charge in [-0.3, -0.25) is 0 Å². The average Bonchev–Trinajstić information content (AvgIpc) is 2.86. The van der Waals surface area contributed by atoms with E-state index >= 15 is 8.78 Å². The van der Waals surface area contributed by atoms with Gasteiger partial charge in [0.15, 0.2) is 11.6 Å². The van der Waals surface area contributed by atoms with Crippen LogP contribution < -0.4 is 4.74 Å². The minimum absolute atomic E-state index is 0.0342. The predicted molar refractivity (Wildman–Crippen MR) is 133 cm³/mol. The van der Waals surface area contributed by atoms with Gasteiger partial charge in [0.1, 0.15) is 11.6 Å². The topological polar surface area (TPSA) is 9.23 Å². The van der Waals surface area contributed by atoms with Crippen LogP contribution in [0.4, 0.5) is 13.2 Å². The van der Waals surface area contributed by atoms with Crippen molar-refractivity contribution in [1.82, 2.24) is 0 Å². The quantitative estimate of drug-likeness (QED) is 0.369. The number of hydrogen-bond acceptors (Lipinski definition) is 1. The first-order valence-corrected chi connectivity index (χ1v) is 12.7. The summed E-state index contributed by atoms with van der Waals surface area (Å²) in [5, 5.41) is 0. The lowest BCUT2D eigenvalue weighted by molar-refractivity contribution is 0.338. The zero-order valence-corrected chi connectivity index (χ0v) is 20.0. The molecule has 0 aromatic heterocycles. The van der Waals surface area contributed by atoms with E-state index < -0.39 is 11.6 Å². The Balaban J connectivity index is 1.36. The third-order valence-electron chi connectivity index (χ3n) is 7.73. The van der Waals surface area contributed by atoms with Gasteiger partial charge in [0, 0.05) is 11.6 Å². The molecule has 0 N–H and O–H groups in total. The van der Waals surface area contributed by atoms with E-state index in [0.29, 0.717) is 40.9 Å². The summed E-state index contributed by atoms with van der Waals surface area (Å²) in [7, 11) is 0. The molecule has 2 aliphatic rings. The number of benzene rings is 2. The van der Waals surface area contributed by atoms with Gasteiger partial charge in [-0.2, -0.15) is 0 Å². The first kappa shape index (κ1) is 24.6. The van der Waals surface area contributed by atoms with Crippen LogP contribution in [0.3, 0.4) is 0 Å². The van der Waals surface area contributed by atoms with Gasteiger partial charge in [-0.25, -0.2) is 13.2 Å². The second kappa shape index (κ2) is 11.3. The lowest BCUT2D eigenvalue weighted by Gasteiger charge is -2.29. The monoisotopic (exact) mass is 468 g/mol. The fourth-order valence-electron chi connectivity index (χ4n) is 5.64. The highest BCUT2D eigenvalue weighted by Gasteiger charge is 2.28. The lowest BCUT2D eigenvalue weighted by Crippen LogP contribution is -2.16. The Morgan fingerprint density at radius 1 is 0.824 bits per heavy atom. The molecule has 1 nitrogen and oxygen atoms in total. The summed E-state index contributed by atoms with van der Waals surface area (Å²) in [5.41, 5.74) is 1.59. The Morgan fingerprint density at radius 2 is 1.38 bits per heavy atom. The highest BCUT2D eigenvalue weighted by atomic mass is 19.2. The highest BCUT2D eigenvalue weighted by Crippen LogP contribution is 2.41. The summed E-state index contributed by atoms with van der Waals surface area (Å²) >= 11 is 0. The summed E-state index contributed by atoms with van der Waals surface area (Å²) in [4.78, 5) is 0. The van der Waals surface area contributed by atoms with Gasteiger partial charge >= 0.3 is 0 Å². The molecule has 0 bridgehead atoms. The minimum atomic E-state index is -0.654. The van der Waals surface area contributed by atoms with E-state index in [4.69, 9.17) is 4.74 Å². The molecule has 0 radical (unpaired) electrons. The SMILES string of the molecule is C=CC1CCC(c2ccc(C3CCC(C=Cc4ccc(OCC)cc4F)CC3)c(F)c2F)CC1. The van der Waals surface area contributed by atoms with Crippen LogP contribution in [0.15, 0.2) is 49.1 Å². The zero-order valence-electron chi connectivity index (χ0n) is 20.0. The maximum absolute atomic E-state index is 15.1. The van der Waals surface area contributed by atoms with Gasteiger partial charge in [-0.05, 0) is 105 Å². The van der Waals surface area contributed by atoms with Crippen molar-refractivity contribution in [2.24, 2.45) is 11.8 Å². The molecule has 0 atom stereocenters. The first-order chi connectivity index (χ1) is 16.5. The van der Waals surface area contributed by atoms with E-state index in [1.807, 2.05) is 31.2 Å². The smallest absolute Gasteiger partial charge is 0.162 e. The van der Waals surface area contributed by atoms with Crippen molar-refractivity contribution in [2.45, 2.75) is 70.1 Å². The summed E-state index contributed by atoms with van der Waals surface area (Å²) < 4.78 is 49.7. The van der Waals surface area contributed by atoms with E-state index in [0.717, 1.165) is 51.4 Å². The van der Waals surface area contributed by atoms with Crippen LogP contribution >= 0.6 is 0 Å². The largest absolute Gasteiger partial charge is 0.494 e. The molecule has 2 aromatic rings. The van der Waals surface area contributed by atoms with Crippen molar-refractivity contribution in [3.63, 3.8) is 0 Å². The molecule has 34 heavy (non-hydrogen) atoms. The fourth-order valence-corrected chi connectivity index (χ4v) is 5.64. The van der Waals surface area contributed by atoms with E-state index in [1.165, 1.54) is 6.07 Å². The van der Waals surface area contributed by atoms with Crippen LogP contribution in [0.5, 0.6) is 5.75 Å². The number of rotatable bonds is 7. The molecule has 2 aliphatic carbocycles. The maximum atomic E-state index is 15.1. The van der Waals surface area contributed by atoms with Gasteiger partial charge < -0.3 is 4.74 Å². The van der Waals surface area contributed by atoms with Crippen molar-refractivity contribution in [3.8, 4) is 5.75 Å². The summed E-state index contributed by atoms with van der Waals surface area (Å²) in [5.74, 6) is -0.121. The predicted octanol–water partition coefficient (Wildman–Crippen LogP) is 8.95. The lowest BCUT2D eigenvalue weighted by atomic mass is 9.76. The van der Waals surface area contributed by atoms with Crippen LogP contribution in [0, 0.1) is 29.3 Å². The van der Waals surface area contributed by atoms with Gasteiger partial charge in [0.25, 0.3) is 0 Å². The van der Waals surface area contributed by atoms with Crippen LogP contribution in [0.2, 0.25) is 0 Å². The Bertz CT molecular complexity index is 1010. The maximum Gasteiger partial charge on any atom is 0.162 e. The molecule has 4 heteroatoms. The van der Waals surface area contributed by atoms with Crippen molar-refractivity contribution < 1.29 is 17.9 Å². The standard InChI is InChI=1S/C30H35F3O/c1-3-20-5-10-22(11-6-20)26-17-18-27(30(33)29(26)32)23-12-7-21(8-13-23)9-14-24-15-16-25(34-4-2)19-28(24)31/h3,9,14-23H,1,4-8,10-13H2,2H3. The third-order valence-corrected chi connectivity index (χ3v) is 7.73.